The van der Waals surface area contributed by atoms with Gasteiger partial charge in [0, 0.05) is 36.6 Å². The molecule has 1 aliphatic rings. The van der Waals surface area contributed by atoms with Crippen LogP contribution in [0.5, 0.6) is 0 Å². The Morgan fingerprint density at radius 2 is 2.12 bits per heavy atom. The van der Waals surface area contributed by atoms with E-state index >= 15 is 0 Å². The highest BCUT2D eigenvalue weighted by Crippen LogP contribution is 2.23. The number of carbonyl (C=O) groups excluding carboxylic acids is 2. The average Bonchev–Trinajstić information content (AvgIpc) is 3.18. The zero-order valence-electron chi connectivity index (χ0n) is 14.0. The lowest BCUT2D eigenvalue weighted by Gasteiger charge is -2.15. The summed E-state index contributed by atoms with van der Waals surface area (Å²) in [6, 6.07) is 7.08. The van der Waals surface area contributed by atoms with Crippen molar-refractivity contribution in [1.29, 1.82) is 0 Å². The van der Waals surface area contributed by atoms with Crippen molar-refractivity contribution < 1.29 is 14.0 Å². The minimum absolute atomic E-state index is 0.200. The number of aromatic nitrogens is 1. The van der Waals surface area contributed by atoms with Crippen LogP contribution in [0, 0.1) is 6.92 Å². The SMILES string of the molecule is Cc1oc(-c2ccc(Cl)cc2)nc1C(=O)NCCCN1CCCC1=O. The molecular formula is C18H20ClN3O3. The molecule has 1 N–H and O–H groups in total. The number of benzene rings is 1. The summed E-state index contributed by atoms with van der Waals surface area (Å²) >= 11 is 5.87. The summed E-state index contributed by atoms with van der Waals surface area (Å²) in [5, 5.41) is 3.46. The molecule has 0 aliphatic carbocycles. The van der Waals surface area contributed by atoms with Gasteiger partial charge >= 0.3 is 0 Å². The summed E-state index contributed by atoms with van der Waals surface area (Å²) in [6.45, 7) is 3.70. The van der Waals surface area contributed by atoms with Crippen molar-refractivity contribution in [2.75, 3.05) is 19.6 Å². The van der Waals surface area contributed by atoms with Crippen LogP contribution < -0.4 is 5.32 Å². The van der Waals surface area contributed by atoms with Crippen molar-refractivity contribution in [3.63, 3.8) is 0 Å². The van der Waals surface area contributed by atoms with Crippen molar-refractivity contribution in [3.8, 4) is 11.5 Å². The predicted octanol–water partition coefficient (Wildman–Crippen LogP) is 3.05. The molecule has 0 unspecified atom stereocenters. The second-order valence-corrected chi connectivity index (χ2v) is 6.46. The number of aryl methyl sites for hydroxylation is 1. The zero-order valence-corrected chi connectivity index (χ0v) is 14.8. The second-order valence-electron chi connectivity index (χ2n) is 6.02. The molecule has 1 aliphatic heterocycles. The van der Waals surface area contributed by atoms with E-state index in [1.54, 1.807) is 31.2 Å². The van der Waals surface area contributed by atoms with Gasteiger partial charge in [0.25, 0.3) is 5.91 Å². The normalized spacial score (nSPS) is 14.2. The van der Waals surface area contributed by atoms with Gasteiger partial charge in [-0.15, -0.1) is 0 Å². The Bertz CT molecular complexity index is 770. The first-order valence-corrected chi connectivity index (χ1v) is 8.72. The molecule has 25 heavy (non-hydrogen) atoms. The van der Waals surface area contributed by atoms with Gasteiger partial charge in [-0.1, -0.05) is 11.6 Å². The summed E-state index contributed by atoms with van der Waals surface area (Å²) in [5.41, 5.74) is 1.04. The Balaban J connectivity index is 1.55. The molecule has 0 saturated carbocycles. The fourth-order valence-corrected chi connectivity index (χ4v) is 2.95. The van der Waals surface area contributed by atoms with Crippen molar-refractivity contribution in [2.24, 2.45) is 0 Å². The number of halogens is 1. The number of likely N-dealkylation sites (tertiary alicyclic amines) is 1. The maximum absolute atomic E-state index is 12.3. The molecule has 2 heterocycles. The third-order valence-electron chi connectivity index (χ3n) is 4.16. The van der Waals surface area contributed by atoms with Crippen LogP contribution in [0.15, 0.2) is 28.7 Å². The third-order valence-corrected chi connectivity index (χ3v) is 4.42. The first-order chi connectivity index (χ1) is 12.0. The molecule has 6 nitrogen and oxygen atoms in total. The summed E-state index contributed by atoms with van der Waals surface area (Å²) in [6.07, 6.45) is 2.28. The van der Waals surface area contributed by atoms with Crippen LogP contribution in [-0.4, -0.2) is 41.3 Å². The van der Waals surface area contributed by atoms with E-state index < -0.39 is 0 Å². The minimum atomic E-state index is -0.269. The third kappa shape index (κ3) is 4.20. The Labute approximate surface area is 151 Å². The Kier molecular flexibility index (Phi) is 5.38. The second kappa shape index (κ2) is 7.70. The van der Waals surface area contributed by atoms with Crippen molar-refractivity contribution in [2.45, 2.75) is 26.2 Å². The first kappa shape index (κ1) is 17.5. The van der Waals surface area contributed by atoms with Crippen LogP contribution >= 0.6 is 11.6 Å². The van der Waals surface area contributed by atoms with E-state index in [0.29, 0.717) is 36.2 Å². The van der Waals surface area contributed by atoms with Gasteiger partial charge in [0.2, 0.25) is 11.8 Å². The van der Waals surface area contributed by atoms with E-state index in [2.05, 4.69) is 10.3 Å². The van der Waals surface area contributed by atoms with E-state index in [4.69, 9.17) is 16.0 Å². The highest BCUT2D eigenvalue weighted by molar-refractivity contribution is 6.30. The molecule has 1 saturated heterocycles. The van der Waals surface area contributed by atoms with Gasteiger partial charge in [0.1, 0.15) is 5.76 Å². The maximum atomic E-state index is 12.3. The molecule has 0 atom stereocenters. The lowest BCUT2D eigenvalue weighted by molar-refractivity contribution is -0.127. The smallest absolute Gasteiger partial charge is 0.273 e. The largest absolute Gasteiger partial charge is 0.441 e. The van der Waals surface area contributed by atoms with Crippen molar-refractivity contribution in [1.82, 2.24) is 15.2 Å². The minimum Gasteiger partial charge on any atom is -0.441 e. The molecule has 1 aromatic heterocycles. The van der Waals surface area contributed by atoms with E-state index in [9.17, 15) is 9.59 Å². The number of nitrogens with zero attached hydrogens (tertiary/aromatic N) is 2. The van der Waals surface area contributed by atoms with Crippen LogP contribution in [-0.2, 0) is 4.79 Å². The average molecular weight is 362 g/mol. The summed E-state index contributed by atoms with van der Waals surface area (Å²) in [5.74, 6) is 0.791. The van der Waals surface area contributed by atoms with E-state index in [0.717, 1.165) is 24.9 Å². The standard InChI is InChI=1S/C18H20ClN3O3/c1-12-16(21-18(25-12)13-5-7-14(19)8-6-13)17(24)20-9-3-11-22-10-2-4-15(22)23/h5-8H,2-4,9-11H2,1H3,(H,20,24). The number of carbonyl (C=O) groups is 2. The van der Waals surface area contributed by atoms with E-state index in [1.807, 2.05) is 4.90 Å². The molecule has 7 heteroatoms. The molecule has 0 spiro atoms. The Morgan fingerprint density at radius 1 is 1.36 bits per heavy atom. The van der Waals surface area contributed by atoms with Crippen molar-refractivity contribution >= 4 is 23.4 Å². The molecule has 1 fully saturated rings. The van der Waals surface area contributed by atoms with Gasteiger partial charge in [-0.05, 0) is 44.0 Å². The number of amides is 2. The van der Waals surface area contributed by atoms with Crippen LogP contribution in [0.2, 0.25) is 5.02 Å². The van der Waals surface area contributed by atoms with Gasteiger partial charge in [-0.25, -0.2) is 4.98 Å². The van der Waals surface area contributed by atoms with Crippen LogP contribution in [0.1, 0.15) is 35.5 Å². The van der Waals surface area contributed by atoms with Gasteiger partial charge < -0.3 is 14.6 Å². The molecule has 0 bridgehead atoms. The fourth-order valence-electron chi connectivity index (χ4n) is 2.82. The number of nitrogens with one attached hydrogen (secondary N) is 1. The molecular weight excluding hydrogens is 342 g/mol. The monoisotopic (exact) mass is 361 g/mol. The topological polar surface area (TPSA) is 75.4 Å². The molecule has 2 aromatic rings. The quantitative estimate of drug-likeness (QED) is 0.802. The number of oxazole rings is 1. The zero-order chi connectivity index (χ0) is 17.8. The number of rotatable bonds is 6. The highest BCUT2D eigenvalue weighted by Gasteiger charge is 2.20. The lowest BCUT2D eigenvalue weighted by Crippen LogP contribution is -2.31. The Hall–Kier alpha value is -2.34. The Morgan fingerprint density at radius 3 is 2.80 bits per heavy atom. The molecule has 0 radical (unpaired) electrons. The van der Waals surface area contributed by atoms with Crippen LogP contribution in [0.3, 0.4) is 0 Å². The number of hydrogen-bond acceptors (Lipinski definition) is 4. The van der Waals surface area contributed by atoms with Gasteiger partial charge in [0.15, 0.2) is 5.69 Å². The van der Waals surface area contributed by atoms with Gasteiger partial charge in [-0.2, -0.15) is 0 Å². The lowest BCUT2D eigenvalue weighted by atomic mass is 10.2. The summed E-state index contributed by atoms with van der Waals surface area (Å²) in [7, 11) is 0. The fraction of sp³-hybridized carbons (Fsp3) is 0.389. The van der Waals surface area contributed by atoms with E-state index in [1.165, 1.54) is 0 Å². The van der Waals surface area contributed by atoms with Crippen molar-refractivity contribution in [3.05, 3.63) is 40.7 Å². The highest BCUT2D eigenvalue weighted by atomic mass is 35.5. The maximum Gasteiger partial charge on any atom is 0.273 e. The molecule has 132 valence electrons. The predicted molar refractivity (Wildman–Crippen MR) is 94.5 cm³/mol. The summed E-state index contributed by atoms with van der Waals surface area (Å²) in [4.78, 5) is 30.0. The number of hydrogen-bond donors (Lipinski definition) is 1. The van der Waals surface area contributed by atoms with Gasteiger partial charge in [-0.3, -0.25) is 9.59 Å². The molecule has 2 amide bonds. The molecule has 3 rings (SSSR count). The van der Waals surface area contributed by atoms with Crippen LogP contribution in [0.25, 0.3) is 11.5 Å². The summed E-state index contributed by atoms with van der Waals surface area (Å²) < 4.78 is 5.60. The van der Waals surface area contributed by atoms with Gasteiger partial charge in [0.05, 0.1) is 0 Å². The molecule has 1 aromatic carbocycles. The van der Waals surface area contributed by atoms with E-state index in [-0.39, 0.29) is 17.5 Å². The van der Waals surface area contributed by atoms with Crippen LogP contribution in [0.4, 0.5) is 0 Å². The first-order valence-electron chi connectivity index (χ1n) is 8.34.